The van der Waals surface area contributed by atoms with Crippen LogP contribution in [-0.4, -0.2) is 253 Å². The molecule has 0 aliphatic carbocycles. The van der Waals surface area contributed by atoms with Crippen LogP contribution in [0.1, 0.15) is 180 Å². The van der Waals surface area contributed by atoms with Crippen molar-refractivity contribution >= 4 is 204 Å². The van der Waals surface area contributed by atoms with Crippen molar-refractivity contribution in [2.45, 2.75) is 132 Å². The third-order valence-electron chi connectivity index (χ3n) is 23.0. The number of nitrogens with one attached hydrogen (secondary N) is 4. The van der Waals surface area contributed by atoms with Gasteiger partial charge in [-0.3, -0.25) is 33.6 Å². The van der Waals surface area contributed by atoms with Crippen LogP contribution >= 0.6 is 93.7 Å². The van der Waals surface area contributed by atoms with Gasteiger partial charge in [-0.1, -0.05) is 128 Å². The van der Waals surface area contributed by atoms with Gasteiger partial charge >= 0.3 is 84.1 Å². The molecule has 25 nitrogen and oxygen atoms in total. The third-order valence-corrected chi connectivity index (χ3v) is 23.0. The van der Waals surface area contributed by atoms with E-state index in [1.807, 2.05) is 120 Å². The Morgan fingerprint density at radius 1 is 0.458 bits per heavy atom. The van der Waals surface area contributed by atoms with Gasteiger partial charge in [0, 0.05) is 276 Å². The second-order valence-corrected chi connectivity index (χ2v) is 40.5. The largest absolute Gasteiger partial charge is 1.00 e. The SMILES string of the molecule is BrB(Br)Br.C=CCN1CCc2cc(C)ccc2C1=O.CC1CCNCC1.Cc1ccc2c(c1)CCNC2=O.Cc1ccccc1COc1ccc2c(c1)CCN(CC=O)C2=O.Cc1ccccc1COc1ccc2c(c1)CCN(CCN1CCC(C)CC1)C2=O.Cc1ccccc1COc1ccc2c(c1)CCNC2=O.ClCCl.ClCCl.O.O=C1NCCc2cc(O)ccc21.O=CO[O-].O[B-]O.[Ac].[Ac].[Ac].[K+].[K].[Na+]. The number of ether oxygens (including phenoxy) is 3. The normalized spacial score (nSPS) is 13.9. The minimum absolute atomic E-state index is 0. The summed E-state index contributed by atoms with van der Waals surface area (Å²) in [4.78, 5) is 101. The first-order chi connectivity index (χ1) is 65.1. The van der Waals surface area contributed by atoms with Crippen molar-refractivity contribution in [2.75, 3.05) is 102 Å². The van der Waals surface area contributed by atoms with Gasteiger partial charge in [0.1, 0.15) is 49.1 Å². The number of phenols is 1. The summed E-state index contributed by atoms with van der Waals surface area (Å²) in [5.41, 5.74) is 20.7. The van der Waals surface area contributed by atoms with Crippen molar-refractivity contribution in [1.29, 1.82) is 0 Å². The summed E-state index contributed by atoms with van der Waals surface area (Å²) in [6.45, 7) is 31.9. The van der Waals surface area contributed by atoms with Crippen LogP contribution in [0.2, 0.25) is 0 Å². The molecule has 0 unspecified atom stereocenters. The van der Waals surface area contributed by atoms with Crippen molar-refractivity contribution in [1.82, 2.24) is 40.9 Å². The van der Waals surface area contributed by atoms with Crippen LogP contribution in [0.25, 0.3) is 0 Å². The van der Waals surface area contributed by atoms with Crippen molar-refractivity contribution in [3.05, 3.63) is 306 Å². The molecule has 9 aromatic rings. The van der Waals surface area contributed by atoms with Gasteiger partial charge < -0.3 is 90.6 Å². The molecule has 0 saturated carbocycles. The van der Waals surface area contributed by atoms with E-state index in [0.717, 1.165) is 157 Å². The molecule has 8 heterocycles. The van der Waals surface area contributed by atoms with Gasteiger partial charge in [-0.2, -0.15) is 0 Å². The van der Waals surface area contributed by atoms with Crippen LogP contribution in [-0.2, 0) is 72.8 Å². The Balaban J connectivity index is 0. The number of aryl methyl sites for hydroxylation is 5. The maximum atomic E-state index is 12.9. The smallest absolute Gasteiger partial charge is 0.662 e. The van der Waals surface area contributed by atoms with Gasteiger partial charge in [0.25, 0.3) is 41.9 Å². The monoisotopic (exact) mass is 2910 g/mol. The van der Waals surface area contributed by atoms with E-state index < -0.39 is 0 Å². The topological polar surface area (TPSA) is 350 Å². The molecule has 2 saturated heterocycles. The van der Waals surface area contributed by atoms with Crippen LogP contribution in [0.3, 0.4) is 0 Å². The summed E-state index contributed by atoms with van der Waals surface area (Å²) < 4.78 is 18.0. The number of hydrogen-bond donors (Lipinski definition) is 7. The molecule has 2 fully saturated rings. The molecule has 8 aliphatic rings. The number of piperidine rings is 2. The minimum Gasteiger partial charge on any atom is -0.662 e. The first-order valence-electron chi connectivity index (χ1n) is 44.7. The van der Waals surface area contributed by atoms with E-state index in [2.05, 4.69) is 181 Å². The molecule has 9 aromatic carbocycles. The van der Waals surface area contributed by atoms with Gasteiger partial charge in [-0.25, -0.2) is 0 Å². The van der Waals surface area contributed by atoms with Crippen LogP contribution in [0.4, 0.5) is 0 Å². The predicted octanol–water partition coefficient (Wildman–Crippen LogP) is 9.82. The number of aldehydes is 1. The first kappa shape index (κ1) is 143. The number of alkyl halides is 4. The Morgan fingerprint density at radius 3 is 1.11 bits per heavy atom. The fourth-order valence-corrected chi connectivity index (χ4v) is 15.5. The Hall–Kier alpha value is -1.03. The standard InChI is InChI=1S/C25H32N2O2.C19H19NO3.C17H17NO2.C13H15NO.C10H11NO.C9H9NO2.C6H13N.2CH2Cl2.CH2O3.3Ac.BBr3.BH2O2.2K.Na.H2O/c1-19-9-12-26(13-10-19)15-16-27-14-11-21-17-23(7-8-24(21)25(27)28)29-18-22-6-4-3-5-20(22)2;1-14-4-2-3-5-16(14)13-23-17-6-7-18-15(12-17)8-9-20(10-11-21)19(18)22;1-12-4-2-3-5-14(12)11-20-15-6-7-16-13(10-15)8-9-18-17(16)19;1-3-7-14-8-6-11-9-10(2)4-5-12(11)13(14)15;1-7-2-3-9-8(6-7)4-5-11-10(9)12;11-7-1-2-8-6(5-7)3-4-10-9(8)12;1-6-2-4-7-5-3-6;2*2-1-3;2-1-4-3;;;;2-1(3)4;2-1-3;;;;/h3-8,17,19H,9-16,18H2,1-2H3;2-7,11-12H,8-10,13H2,1H3;2-7,10H,8-9,11H2,1H3,(H,18,19);3-5,9H,1,6-8H2,2H3;2-3,6H,4-5H2,1H3,(H,11,12);1-2,5,11H,3-4H2,(H,10,12);6-7H,2-5H2,1H3;2*1H2;1,3H;;;;;2-3H;;;;1H2/q;;;;;;;;;;;;;;-1;;2*+1;/p-1. The third kappa shape index (κ3) is 52.7. The molecule has 9 N–H and O–H groups in total. The van der Waals surface area contributed by atoms with Crippen LogP contribution in [0.15, 0.2) is 195 Å². The summed E-state index contributed by atoms with van der Waals surface area (Å²) in [7, 11) is 0. The maximum absolute atomic E-state index is 12.9. The number of aromatic hydroxyl groups is 1. The average Bonchev–Trinajstić information content (AvgIpc) is 0.778. The number of halogens is 7. The minimum atomic E-state index is -0.181. The van der Waals surface area contributed by atoms with E-state index in [-0.39, 0.29) is 346 Å². The number of carbonyl (C=O) groups excluding carboxylic acids is 8. The molecule has 142 heavy (non-hydrogen) atoms. The van der Waals surface area contributed by atoms with E-state index in [1.165, 1.54) is 108 Å². The Kier molecular flexibility index (Phi) is 83.1. The molecule has 40 heteroatoms. The molecule has 8 aliphatic heterocycles. The fourth-order valence-electron chi connectivity index (χ4n) is 15.5. The number of benzene rings is 9. The number of nitrogens with zero attached hydrogens (tertiary/aromatic N) is 4. The van der Waals surface area contributed by atoms with Gasteiger partial charge in [0.05, 0.1) is 17.2 Å². The molecule has 6 amide bonds. The first-order valence-corrected chi connectivity index (χ1v) is 49.6. The second kappa shape index (κ2) is 82.5. The predicted molar refractivity (Wildman–Crippen MR) is 558 cm³/mol. The van der Waals surface area contributed by atoms with Crippen LogP contribution < -0.4 is 122 Å². The molecule has 0 bridgehead atoms. The van der Waals surface area contributed by atoms with Crippen molar-refractivity contribution in [2.24, 2.45) is 11.8 Å². The summed E-state index contributed by atoms with van der Waals surface area (Å²) in [5, 5.41) is 43.7. The van der Waals surface area contributed by atoms with E-state index in [4.69, 9.17) is 85.8 Å². The van der Waals surface area contributed by atoms with E-state index >= 15 is 0 Å². The zero-order chi connectivity index (χ0) is 98.6. The summed E-state index contributed by atoms with van der Waals surface area (Å²) >= 11 is 28.4. The van der Waals surface area contributed by atoms with E-state index in [0.29, 0.717) is 57.1 Å². The molecular weight excluding hydrogens is 2790 g/mol. The number of rotatable bonds is 17. The Bertz CT molecular complexity index is 5230. The average molecular weight is 2920 g/mol. The summed E-state index contributed by atoms with van der Waals surface area (Å²) in [5.74, 6) is 4.73. The number of amides is 6. The number of carbonyl (C=O) groups is 8. The molecule has 17 rings (SSSR count). The van der Waals surface area contributed by atoms with Crippen LogP contribution in [0.5, 0.6) is 23.0 Å². The van der Waals surface area contributed by atoms with Crippen LogP contribution in [0, 0.1) is 179 Å². The number of hydrogen-bond acceptors (Lipinski definition) is 18. The number of fused-ring (bicyclic) bond motifs is 6. The Labute approximate surface area is 1100 Å². The molecule has 6 radical (unpaired) electrons. The van der Waals surface area contributed by atoms with Gasteiger partial charge in [0.15, 0.2) is 0 Å². The van der Waals surface area contributed by atoms with Crippen molar-refractivity contribution in [3.63, 3.8) is 0 Å². The van der Waals surface area contributed by atoms with Gasteiger partial charge in [-0.05, 0) is 296 Å². The number of likely N-dealkylation sites (tertiary alicyclic amines) is 1. The van der Waals surface area contributed by atoms with Crippen molar-refractivity contribution < 1.29 is 296 Å². The summed E-state index contributed by atoms with van der Waals surface area (Å²) in [6, 6.07) is 58.6. The molecule has 0 spiro atoms. The zero-order valence-electron chi connectivity index (χ0n) is 82.9. The van der Waals surface area contributed by atoms with E-state index in [9.17, 15) is 33.6 Å². The quantitative estimate of drug-likeness (QED) is 0.0111. The van der Waals surface area contributed by atoms with Crippen molar-refractivity contribution in [3.8, 4) is 23.0 Å². The van der Waals surface area contributed by atoms with E-state index in [1.54, 1.807) is 29.2 Å². The zero-order valence-corrected chi connectivity index (χ0v) is 113. The molecule has 0 atom stereocenters. The summed E-state index contributed by atoms with van der Waals surface area (Å²) in [6.07, 6.45) is 13.1. The van der Waals surface area contributed by atoms with Gasteiger partial charge in [0.2, 0.25) is 0 Å². The maximum Gasteiger partial charge on any atom is 1.00 e. The number of phenolic OH excluding ortho intramolecular Hbond substituents is 1. The van der Waals surface area contributed by atoms with Gasteiger partial charge in [-0.15, -0.1) is 100 Å². The molecule has 0 aromatic heterocycles. The molecule has 742 valence electrons. The second-order valence-electron chi connectivity index (χ2n) is 32.5. The fraction of sp³-hybridized carbons (Fsp3) is 0.373. The Morgan fingerprint density at radius 2 is 0.761 bits per heavy atom. The molecular formula is C102H125Ac3B2Br3Cl4K2N8NaO17.